The van der Waals surface area contributed by atoms with Crippen molar-refractivity contribution >= 4 is 15.9 Å². The van der Waals surface area contributed by atoms with E-state index in [1.54, 1.807) is 11.8 Å². The van der Waals surface area contributed by atoms with Crippen molar-refractivity contribution in [3.05, 3.63) is 35.4 Å². The molecule has 5 nitrogen and oxygen atoms in total. The van der Waals surface area contributed by atoms with Crippen LogP contribution >= 0.6 is 0 Å². The van der Waals surface area contributed by atoms with Gasteiger partial charge in [0.05, 0.1) is 5.75 Å². The highest BCUT2D eigenvalue weighted by atomic mass is 32.2. The van der Waals surface area contributed by atoms with Gasteiger partial charge in [0.2, 0.25) is 15.9 Å². The lowest BCUT2D eigenvalue weighted by Crippen LogP contribution is -2.50. The van der Waals surface area contributed by atoms with Crippen LogP contribution in [0.2, 0.25) is 0 Å². The summed E-state index contributed by atoms with van der Waals surface area (Å²) >= 11 is 0. The molecular weight excluding hydrogens is 324 g/mol. The topological polar surface area (TPSA) is 57.7 Å². The van der Waals surface area contributed by atoms with Gasteiger partial charge in [-0.2, -0.15) is 4.31 Å². The molecule has 0 atom stereocenters. The van der Waals surface area contributed by atoms with Gasteiger partial charge < -0.3 is 4.90 Å². The first-order valence-electron chi connectivity index (χ1n) is 8.68. The number of carbonyl (C=O) groups is 1. The van der Waals surface area contributed by atoms with Crippen molar-refractivity contribution in [2.45, 2.75) is 39.5 Å². The molecule has 0 bridgehead atoms. The molecule has 24 heavy (non-hydrogen) atoms. The van der Waals surface area contributed by atoms with E-state index < -0.39 is 10.0 Å². The third kappa shape index (κ3) is 4.80. The standard InChI is InChI=1S/C18H28N2O3S/c1-4-24(22,23)20-13-11-19(12-14-20)18(21)10-7-16-5-8-17(9-6-16)15(2)3/h5-6,8-9,15H,4,7,10-14H2,1-3H3. The molecule has 1 aromatic carbocycles. The zero-order chi connectivity index (χ0) is 17.7. The third-order valence-electron chi connectivity index (χ3n) is 4.62. The van der Waals surface area contributed by atoms with Crippen molar-refractivity contribution in [2.75, 3.05) is 31.9 Å². The van der Waals surface area contributed by atoms with E-state index in [0.717, 1.165) is 6.42 Å². The molecule has 0 spiro atoms. The van der Waals surface area contributed by atoms with Crippen LogP contribution in [0.1, 0.15) is 44.2 Å². The van der Waals surface area contributed by atoms with Gasteiger partial charge in [-0.25, -0.2) is 8.42 Å². The first-order chi connectivity index (χ1) is 11.3. The minimum absolute atomic E-state index is 0.108. The molecule has 6 heteroatoms. The number of carbonyl (C=O) groups excluding carboxylic acids is 1. The number of benzene rings is 1. The highest BCUT2D eigenvalue weighted by Gasteiger charge is 2.27. The molecule has 2 rings (SSSR count). The maximum atomic E-state index is 12.3. The minimum atomic E-state index is -3.14. The Morgan fingerprint density at radius 2 is 1.67 bits per heavy atom. The Hall–Kier alpha value is -1.40. The van der Waals surface area contributed by atoms with Gasteiger partial charge in [0.25, 0.3) is 0 Å². The molecule has 0 unspecified atom stereocenters. The minimum Gasteiger partial charge on any atom is -0.340 e. The number of aryl methyl sites for hydroxylation is 1. The van der Waals surface area contributed by atoms with E-state index in [1.807, 2.05) is 0 Å². The fraction of sp³-hybridized carbons (Fsp3) is 0.611. The van der Waals surface area contributed by atoms with E-state index in [2.05, 4.69) is 38.1 Å². The highest BCUT2D eigenvalue weighted by Crippen LogP contribution is 2.16. The summed E-state index contributed by atoms with van der Waals surface area (Å²) < 4.78 is 25.2. The zero-order valence-electron chi connectivity index (χ0n) is 14.9. The summed E-state index contributed by atoms with van der Waals surface area (Å²) in [7, 11) is -3.14. The summed E-state index contributed by atoms with van der Waals surface area (Å²) in [5, 5.41) is 0. The van der Waals surface area contributed by atoms with Crippen LogP contribution in [0.4, 0.5) is 0 Å². The Balaban J connectivity index is 1.81. The number of amides is 1. The maximum Gasteiger partial charge on any atom is 0.222 e. The second kappa shape index (κ2) is 8.12. The lowest BCUT2D eigenvalue weighted by Gasteiger charge is -2.33. The number of hydrogen-bond acceptors (Lipinski definition) is 3. The molecule has 134 valence electrons. The molecule has 1 aliphatic rings. The second-order valence-electron chi connectivity index (χ2n) is 6.58. The number of piperazine rings is 1. The SMILES string of the molecule is CCS(=O)(=O)N1CCN(C(=O)CCc2ccc(C(C)C)cc2)CC1. The summed E-state index contributed by atoms with van der Waals surface area (Å²) in [5.74, 6) is 0.737. The molecule has 1 amide bonds. The van der Waals surface area contributed by atoms with Crippen LogP contribution in [0.3, 0.4) is 0 Å². The van der Waals surface area contributed by atoms with Crippen molar-refractivity contribution in [1.82, 2.24) is 9.21 Å². The van der Waals surface area contributed by atoms with Gasteiger partial charge >= 0.3 is 0 Å². The third-order valence-corrected chi connectivity index (χ3v) is 6.51. The van der Waals surface area contributed by atoms with Crippen LogP contribution in [0.15, 0.2) is 24.3 Å². The van der Waals surface area contributed by atoms with Gasteiger partial charge in [0.15, 0.2) is 0 Å². The quantitative estimate of drug-likeness (QED) is 0.789. The maximum absolute atomic E-state index is 12.3. The molecule has 0 aromatic heterocycles. The zero-order valence-corrected chi connectivity index (χ0v) is 15.7. The van der Waals surface area contributed by atoms with Gasteiger partial charge in [0.1, 0.15) is 0 Å². The Morgan fingerprint density at radius 1 is 1.08 bits per heavy atom. The predicted octanol–water partition coefficient (Wildman–Crippen LogP) is 2.24. The largest absolute Gasteiger partial charge is 0.340 e. The molecule has 1 fully saturated rings. The summed E-state index contributed by atoms with van der Waals surface area (Å²) in [5.41, 5.74) is 2.47. The molecule has 1 aromatic rings. The van der Waals surface area contributed by atoms with E-state index in [1.165, 1.54) is 15.4 Å². The summed E-state index contributed by atoms with van der Waals surface area (Å²) in [6.07, 6.45) is 1.20. The van der Waals surface area contributed by atoms with Gasteiger partial charge in [-0.05, 0) is 30.4 Å². The smallest absolute Gasteiger partial charge is 0.222 e. The predicted molar refractivity (Wildman–Crippen MR) is 96.5 cm³/mol. The van der Waals surface area contributed by atoms with E-state index in [-0.39, 0.29) is 11.7 Å². The van der Waals surface area contributed by atoms with E-state index in [4.69, 9.17) is 0 Å². The van der Waals surface area contributed by atoms with Crippen molar-refractivity contribution in [2.24, 2.45) is 0 Å². The monoisotopic (exact) mass is 352 g/mol. The Kier molecular flexibility index (Phi) is 6.40. The number of sulfonamides is 1. The van der Waals surface area contributed by atoms with Crippen molar-refractivity contribution < 1.29 is 13.2 Å². The first kappa shape index (κ1) is 18.9. The highest BCUT2D eigenvalue weighted by molar-refractivity contribution is 7.89. The fourth-order valence-electron chi connectivity index (χ4n) is 2.88. The number of rotatable bonds is 6. The van der Waals surface area contributed by atoms with Gasteiger partial charge in [-0.3, -0.25) is 4.79 Å². The molecule has 1 saturated heterocycles. The Morgan fingerprint density at radius 3 is 2.17 bits per heavy atom. The molecule has 1 heterocycles. The summed E-state index contributed by atoms with van der Waals surface area (Å²) in [6.45, 7) is 7.77. The van der Waals surface area contributed by atoms with E-state index in [0.29, 0.717) is 38.5 Å². The van der Waals surface area contributed by atoms with Crippen molar-refractivity contribution in [3.8, 4) is 0 Å². The van der Waals surface area contributed by atoms with Gasteiger partial charge in [0, 0.05) is 32.6 Å². The van der Waals surface area contributed by atoms with Crippen LogP contribution in [-0.4, -0.2) is 55.5 Å². The average molecular weight is 353 g/mol. The fourth-order valence-corrected chi connectivity index (χ4v) is 3.96. The normalized spacial score (nSPS) is 16.6. The van der Waals surface area contributed by atoms with E-state index >= 15 is 0 Å². The van der Waals surface area contributed by atoms with Crippen LogP contribution in [-0.2, 0) is 21.2 Å². The molecule has 0 saturated carbocycles. The molecular formula is C18H28N2O3S. The van der Waals surface area contributed by atoms with Crippen LogP contribution < -0.4 is 0 Å². The van der Waals surface area contributed by atoms with Crippen molar-refractivity contribution in [1.29, 1.82) is 0 Å². The Labute approximate surface area is 145 Å². The van der Waals surface area contributed by atoms with Gasteiger partial charge in [-0.15, -0.1) is 0 Å². The lowest BCUT2D eigenvalue weighted by atomic mass is 10.00. The molecule has 1 aliphatic heterocycles. The Bertz CT molecular complexity index is 645. The van der Waals surface area contributed by atoms with Crippen molar-refractivity contribution in [3.63, 3.8) is 0 Å². The number of nitrogens with zero attached hydrogens (tertiary/aromatic N) is 2. The molecule has 0 N–H and O–H groups in total. The second-order valence-corrected chi connectivity index (χ2v) is 8.83. The first-order valence-corrected chi connectivity index (χ1v) is 10.3. The molecule has 0 radical (unpaired) electrons. The van der Waals surface area contributed by atoms with Crippen LogP contribution in [0.25, 0.3) is 0 Å². The average Bonchev–Trinajstić information content (AvgIpc) is 2.60. The van der Waals surface area contributed by atoms with E-state index in [9.17, 15) is 13.2 Å². The van der Waals surface area contributed by atoms with Crippen LogP contribution in [0, 0.1) is 0 Å². The van der Waals surface area contributed by atoms with Crippen LogP contribution in [0.5, 0.6) is 0 Å². The summed E-state index contributed by atoms with van der Waals surface area (Å²) in [4.78, 5) is 14.1. The number of hydrogen-bond donors (Lipinski definition) is 0. The summed E-state index contributed by atoms with van der Waals surface area (Å²) in [6, 6.07) is 8.43. The molecule has 0 aliphatic carbocycles. The van der Waals surface area contributed by atoms with Gasteiger partial charge in [-0.1, -0.05) is 38.1 Å². The lowest BCUT2D eigenvalue weighted by molar-refractivity contribution is -0.132.